The molecule has 1 aliphatic rings. The summed E-state index contributed by atoms with van der Waals surface area (Å²) in [5.74, 6) is -0.498. The molecule has 1 aromatic carbocycles. The molecule has 0 saturated carbocycles. The minimum atomic E-state index is -1.07. The van der Waals surface area contributed by atoms with E-state index in [0.29, 0.717) is 26.0 Å². The standard InChI is InChI=1S/C15H20N2O3/c1-15(14(16)19)11-17(9-10-20-15)13(18)8-7-12-5-3-2-4-6-12/h2-6H,7-11H2,1H3,(H2,16,19). The number of rotatable bonds is 4. The minimum Gasteiger partial charge on any atom is -0.367 e. The number of amides is 2. The summed E-state index contributed by atoms with van der Waals surface area (Å²) < 4.78 is 5.40. The van der Waals surface area contributed by atoms with E-state index in [4.69, 9.17) is 10.5 Å². The predicted octanol–water partition coefficient (Wildman–Crippen LogP) is 0.722. The number of nitrogens with two attached hydrogens (primary N) is 1. The lowest BCUT2D eigenvalue weighted by Crippen LogP contribution is -2.58. The van der Waals surface area contributed by atoms with Crippen LogP contribution in [0.2, 0.25) is 0 Å². The van der Waals surface area contributed by atoms with Crippen molar-refractivity contribution in [1.82, 2.24) is 4.90 Å². The fraction of sp³-hybridized carbons (Fsp3) is 0.467. The first-order valence-corrected chi connectivity index (χ1v) is 6.77. The van der Waals surface area contributed by atoms with Crippen LogP contribution in [0.5, 0.6) is 0 Å². The molecular formula is C15H20N2O3. The van der Waals surface area contributed by atoms with Gasteiger partial charge < -0.3 is 15.4 Å². The highest BCUT2D eigenvalue weighted by molar-refractivity contribution is 5.85. The number of ether oxygens (including phenoxy) is 1. The lowest BCUT2D eigenvalue weighted by molar-refractivity contribution is -0.160. The van der Waals surface area contributed by atoms with Gasteiger partial charge in [0.2, 0.25) is 5.91 Å². The molecule has 2 N–H and O–H groups in total. The molecule has 2 rings (SSSR count). The van der Waals surface area contributed by atoms with Crippen LogP contribution >= 0.6 is 0 Å². The zero-order valence-electron chi connectivity index (χ0n) is 11.7. The third-order valence-corrected chi connectivity index (χ3v) is 3.62. The monoisotopic (exact) mass is 276 g/mol. The molecule has 1 unspecified atom stereocenters. The van der Waals surface area contributed by atoms with Crippen LogP contribution in [0.3, 0.4) is 0 Å². The molecular weight excluding hydrogens is 256 g/mol. The Morgan fingerprint density at radius 2 is 2.05 bits per heavy atom. The number of benzene rings is 1. The maximum absolute atomic E-state index is 12.2. The maximum Gasteiger partial charge on any atom is 0.251 e. The average Bonchev–Trinajstić information content (AvgIpc) is 2.46. The third kappa shape index (κ3) is 3.36. The van der Waals surface area contributed by atoms with E-state index in [2.05, 4.69) is 0 Å². The predicted molar refractivity (Wildman–Crippen MR) is 74.9 cm³/mol. The summed E-state index contributed by atoms with van der Waals surface area (Å²) in [5.41, 5.74) is 5.39. The molecule has 0 radical (unpaired) electrons. The van der Waals surface area contributed by atoms with E-state index in [-0.39, 0.29) is 12.5 Å². The number of nitrogens with zero attached hydrogens (tertiary/aromatic N) is 1. The molecule has 1 fully saturated rings. The number of aryl methyl sites for hydroxylation is 1. The number of primary amides is 1. The van der Waals surface area contributed by atoms with Gasteiger partial charge in [0.1, 0.15) is 0 Å². The van der Waals surface area contributed by atoms with Crippen molar-refractivity contribution in [3.05, 3.63) is 35.9 Å². The molecule has 1 aromatic rings. The normalized spacial score (nSPS) is 22.6. The van der Waals surface area contributed by atoms with Gasteiger partial charge in [-0.2, -0.15) is 0 Å². The van der Waals surface area contributed by atoms with Gasteiger partial charge in [-0.1, -0.05) is 30.3 Å². The number of hydrogen-bond donors (Lipinski definition) is 1. The molecule has 108 valence electrons. The largest absolute Gasteiger partial charge is 0.367 e. The summed E-state index contributed by atoms with van der Waals surface area (Å²) in [4.78, 5) is 25.2. The summed E-state index contributed by atoms with van der Waals surface area (Å²) in [6, 6.07) is 9.86. The fourth-order valence-corrected chi connectivity index (χ4v) is 2.29. The minimum absolute atomic E-state index is 0.0321. The smallest absolute Gasteiger partial charge is 0.251 e. The Morgan fingerprint density at radius 1 is 1.35 bits per heavy atom. The SMILES string of the molecule is CC1(C(N)=O)CN(C(=O)CCc2ccccc2)CCO1. The van der Waals surface area contributed by atoms with Crippen LogP contribution in [-0.4, -0.2) is 42.0 Å². The van der Waals surface area contributed by atoms with Gasteiger partial charge in [-0.3, -0.25) is 9.59 Å². The molecule has 2 amide bonds. The Kier molecular flexibility index (Phi) is 4.39. The Bertz CT molecular complexity index is 489. The highest BCUT2D eigenvalue weighted by Gasteiger charge is 2.38. The van der Waals surface area contributed by atoms with Crippen LogP contribution in [0.25, 0.3) is 0 Å². The van der Waals surface area contributed by atoms with Crippen molar-refractivity contribution in [3.63, 3.8) is 0 Å². The van der Waals surface area contributed by atoms with Gasteiger partial charge in [0.05, 0.1) is 13.2 Å². The van der Waals surface area contributed by atoms with Crippen molar-refractivity contribution in [2.75, 3.05) is 19.7 Å². The molecule has 0 aromatic heterocycles. The summed E-state index contributed by atoms with van der Waals surface area (Å²) in [6.45, 7) is 2.72. The molecule has 20 heavy (non-hydrogen) atoms. The van der Waals surface area contributed by atoms with E-state index in [1.54, 1.807) is 11.8 Å². The van der Waals surface area contributed by atoms with E-state index >= 15 is 0 Å². The second-order valence-electron chi connectivity index (χ2n) is 5.24. The van der Waals surface area contributed by atoms with Gasteiger partial charge in [0.15, 0.2) is 5.60 Å². The first-order chi connectivity index (χ1) is 9.51. The van der Waals surface area contributed by atoms with Crippen LogP contribution in [0.15, 0.2) is 30.3 Å². The number of carbonyl (C=O) groups is 2. The number of hydrogen-bond acceptors (Lipinski definition) is 3. The molecule has 5 heteroatoms. The highest BCUT2D eigenvalue weighted by atomic mass is 16.5. The number of carbonyl (C=O) groups excluding carboxylic acids is 2. The second kappa shape index (κ2) is 6.05. The molecule has 1 saturated heterocycles. The van der Waals surface area contributed by atoms with Gasteiger partial charge in [0, 0.05) is 13.0 Å². The Balaban J connectivity index is 1.91. The zero-order valence-corrected chi connectivity index (χ0v) is 11.7. The lowest BCUT2D eigenvalue weighted by Gasteiger charge is -2.38. The van der Waals surface area contributed by atoms with Crippen LogP contribution < -0.4 is 5.73 Å². The molecule has 1 heterocycles. The zero-order chi connectivity index (χ0) is 14.6. The Morgan fingerprint density at radius 3 is 2.70 bits per heavy atom. The fourth-order valence-electron chi connectivity index (χ4n) is 2.29. The Labute approximate surface area is 118 Å². The lowest BCUT2D eigenvalue weighted by atomic mass is 10.0. The van der Waals surface area contributed by atoms with Crippen LogP contribution in [-0.2, 0) is 20.7 Å². The summed E-state index contributed by atoms with van der Waals surface area (Å²) in [7, 11) is 0. The first-order valence-electron chi connectivity index (χ1n) is 6.77. The van der Waals surface area contributed by atoms with Gasteiger partial charge in [-0.25, -0.2) is 0 Å². The average molecular weight is 276 g/mol. The van der Waals surface area contributed by atoms with Crippen LogP contribution in [0.4, 0.5) is 0 Å². The van der Waals surface area contributed by atoms with E-state index < -0.39 is 11.5 Å². The molecule has 0 bridgehead atoms. The summed E-state index contributed by atoms with van der Waals surface area (Å²) in [6.07, 6.45) is 1.13. The Hall–Kier alpha value is -1.88. The highest BCUT2D eigenvalue weighted by Crippen LogP contribution is 2.18. The topological polar surface area (TPSA) is 72.6 Å². The quantitative estimate of drug-likeness (QED) is 0.880. The first kappa shape index (κ1) is 14.5. The molecule has 0 spiro atoms. The van der Waals surface area contributed by atoms with Crippen LogP contribution in [0.1, 0.15) is 18.9 Å². The van der Waals surface area contributed by atoms with Gasteiger partial charge in [0.25, 0.3) is 5.91 Å². The van der Waals surface area contributed by atoms with E-state index in [1.165, 1.54) is 0 Å². The van der Waals surface area contributed by atoms with E-state index in [0.717, 1.165) is 5.56 Å². The van der Waals surface area contributed by atoms with Crippen molar-refractivity contribution >= 4 is 11.8 Å². The van der Waals surface area contributed by atoms with Gasteiger partial charge in [-0.05, 0) is 18.9 Å². The van der Waals surface area contributed by atoms with Gasteiger partial charge >= 0.3 is 0 Å². The third-order valence-electron chi connectivity index (χ3n) is 3.62. The summed E-state index contributed by atoms with van der Waals surface area (Å²) >= 11 is 0. The molecule has 1 aliphatic heterocycles. The van der Waals surface area contributed by atoms with E-state index in [9.17, 15) is 9.59 Å². The molecule has 1 atom stereocenters. The van der Waals surface area contributed by atoms with Crippen molar-refractivity contribution in [2.24, 2.45) is 5.73 Å². The number of morpholine rings is 1. The van der Waals surface area contributed by atoms with Crippen molar-refractivity contribution in [2.45, 2.75) is 25.4 Å². The maximum atomic E-state index is 12.2. The molecule has 0 aliphatic carbocycles. The van der Waals surface area contributed by atoms with Crippen molar-refractivity contribution in [1.29, 1.82) is 0 Å². The van der Waals surface area contributed by atoms with Crippen LogP contribution in [0, 0.1) is 0 Å². The summed E-state index contributed by atoms with van der Waals surface area (Å²) in [5, 5.41) is 0. The van der Waals surface area contributed by atoms with Gasteiger partial charge in [-0.15, -0.1) is 0 Å². The van der Waals surface area contributed by atoms with Crippen molar-refractivity contribution < 1.29 is 14.3 Å². The second-order valence-corrected chi connectivity index (χ2v) is 5.24. The molecule has 5 nitrogen and oxygen atoms in total. The van der Waals surface area contributed by atoms with Crippen molar-refractivity contribution in [3.8, 4) is 0 Å². The van der Waals surface area contributed by atoms with E-state index in [1.807, 2.05) is 30.3 Å².